The van der Waals surface area contributed by atoms with Crippen molar-refractivity contribution in [3.63, 3.8) is 0 Å². The lowest BCUT2D eigenvalue weighted by Gasteiger charge is -2.19. The lowest BCUT2D eigenvalue weighted by molar-refractivity contribution is 0.277. The van der Waals surface area contributed by atoms with Gasteiger partial charge >= 0.3 is 0 Å². The Morgan fingerprint density at radius 2 is 2.07 bits per heavy atom. The van der Waals surface area contributed by atoms with E-state index in [1.807, 2.05) is 26.0 Å². The van der Waals surface area contributed by atoms with Crippen LogP contribution in [0.25, 0.3) is 0 Å². The maximum Gasteiger partial charge on any atom is 0.216 e. The van der Waals surface area contributed by atoms with Crippen LogP contribution in [-0.2, 0) is 0 Å². The zero-order valence-corrected chi connectivity index (χ0v) is 18.0. The molecule has 1 aliphatic carbocycles. The molecule has 0 saturated heterocycles. The van der Waals surface area contributed by atoms with Crippen LogP contribution in [0.2, 0.25) is 5.02 Å². The van der Waals surface area contributed by atoms with Crippen molar-refractivity contribution in [2.24, 2.45) is 5.10 Å². The molecule has 1 aliphatic rings. The maximum atomic E-state index is 6.44. The molecule has 0 bridgehead atoms. The molecule has 152 valence electrons. The van der Waals surface area contributed by atoms with Gasteiger partial charge in [0.1, 0.15) is 0 Å². The summed E-state index contributed by atoms with van der Waals surface area (Å²) in [4.78, 5) is 0. The number of aromatic nitrogens is 3. The highest BCUT2D eigenvalue weighted by atomic mass is 35.5. The summed E-state index contributed by atoms with van der Waals surface area (Å²) >= 11 is 11.8. The van der Waals surface area contributed by atoms with Crippen LogP contribution in [0, 0.1) is 4.77 Å². The van der Waals surface area contributed by atoms with Gasteiger partial charge in [-0.05, 0) is 56.1 Å². The number of nitrogens with zero attached hydrogens (tertiary/aromatic N) is 3. The summed E-state index contributed by atoms with van der Waals surface area (Å²) in [6.45, 7) is 5.09. The molecule has 3 rings (SSSR count). The molecule has 1 aromatic heterocycles. The fraction of sp³-hybridized carbons (Fsp3) is 0.550. The molecule has 0 atom stereocenters. The monoisotopic (exact) mass is 422 g/mol. The van der Waals surface area contributed by atoms with E-state index < -0.39 is 0 Å². The molecule has 1 N–H and O–H groups in total. The van der Waals surface area contributed by atoms with E-state index >= 15 is 0 Å². The highest BCUT2D eigenvalue weighted by Gasteiger charge is 2.21. The maximum absolute atomic E-state index is 6.44. The van der Waals surface area contributed by atoms with Crippen LogP contribution in [0.3, 0.4) is 0 Å². The Morgan fingerprint density at radius 3 is 2.79 bits per heavy atom. The number of halogens is 1. The van der Waals surface area contributed by atoms with Gasteiger partial charge in [-0.3, -0.25) is 5.10 Å². The van der Waals surface area contributed by atoms with Crippen molar-refractivity contribution < 1.29 is 9.47 Å². The quantitative estimate of drug-likeness (QED) is 0.437. The van der Waals surface area contributed by atoms with Gasteiger partial charge in [-0.2, -0.15) is 14.9 Å². The average Bonchev–Trinajstić information content (AvgIpc) is 3.07. The molecule has 2 aromatic rings. The Bertz CT molecular complexity index is 872. The number of rotatable bonds is 8. The van der Waals surface area contributed by atoms with E-state index in [1.165, 1.54) is 19.3 Å². The second-order valence-corrected chi connectivity index (χ2v) is 7.68. The molecule has 28 heavy (non-hydrogen) atoms. The number of hydrogen-bond acceptors (Lipinski definition) is 5. The number of hydrogen-bond donors (Lipinski definition) is 1. The van der Waals surface area contributed by atoms with Gasteiger partial charge in [-0.1, -0.05) is 37.8 Å². The first-order valence-corrected chi connectivity index (χ1v) is 10.7. The third kappa shape index (κ3) is 4.94. The predicted molar refractivity (Wildman–Crippen MR) is 115 cm³/mol. The number of benzene rings is 1. The summed E-state index contributed by atoms with van der Waals surface area (Å²) in [5.41, 5.74) is 0.815. The second kappa shape index (κ2) is 10.1. The molecule has 0 radical (unpaired) electrons. The molecule has 1 heterocycles. The zero-order valence-electron chi connectivity index (χ0n) is 16.4. The molecule has 0 spiro atoms. The first-order chi connectivity index (χ1) is 13.6. The van der Waals surface area contributed by atoms with Crippen LogP contribution in [0.1, 0.15) is 69.7 Å². The molecule has 0 aliphatic heterocycles. The van der Waals surface area contributed by atoms with Gasteiger partial charge in [-0.15, -0.1) is 0 Å². The van der Waals surface area contributed by atoms with E-state index in [-0.39, 0.29) is 0 Å². The largest absolute Gasteiger partial charge is 0.490 e. The Hall–Kier alpha value is -1.86. The normalized spacial score (nSPS) is 15.2. The minimum atomic E-state index is 0.395. The summed E-state index contributed by atoms with van der Waals surface area (Å²) in [5.74, 6) is 2.49. The van der Waals surface area contributed by atoms with Gasteiger partial charge in [0.15, 0.2) is 17.3 Å². The van der Waals surface area contributed by atoms with Gasteiger partial charge in [0.2, 0.25) is 4.77 Å². The van der Waals surface area contributed by atoms with Crippen molar-refractivity contribution in [3.8, 4) is 11.5 Å². The first-order valence-electron chi connectivity index (χ1n) is 9.94. The summed E-state index contributed by atoms with van der Waals surface area (Å²) < 4.78 is 13.7. The lowest BCUT2D eigenvalue weighted by atomic mass is 9.89. The zero-order chi connectivity index (χ0) is 19.9. The van der Waals surface area contributed by atoms with Gasteiger partial charge in [0.05, 0.1) is 24.5 Å². The Morgan fingerprint density at radius 1 is 1.29 bits per heavy atom. The number of ether oxygens (including phenoxy) is 2. The van der Waals surface area contributed by atoms with Crippen LogP contribution >= 0.6 is 23.8 Å². The average molecular weight is 423 g/mol. The fourth-order valence-corrected chi connectivity index (χ4v) is 3.89. The molecule has 0 amide bonds. The van der Waals surface area contributed by atoms with E-state index in [4.69, 9.17) is 33.3 Å². The van der Waals surface area contributed by atoms with Gasteiger partial charge in [-0.25, -0.2) is 0 Å². The van der Waals surface area contributed by atoms with Crippen LogP contribution in [0.15, 0.2) is 17.2 Å². The molecule has 1 saturated carbocycles. The van der Waals surface area contributed by atoms with Crippen molar-refractivity contribution in [3.05, 3.63) is 33.3 Å². The van der Waals surface area contributed by atoms with Gasteiger partial charge < -0.3 is 9.47 Å². The summed E-state index contributed by atoms with van der Waals surface area (Å²) in [6.07, 6.45) is 8.61. The van der Waals surface area contributed by atoms with E-state index in [2.05, 4.69) is 15.3 Å². The van der Waals surface area contributed by atoms with Crippen molar-refractivity contribution in [2.75, 3.05) is 13.2 Å². The molecule has 0 unspecified atom stereocenters. The molecular weight excluding hydrogens is 396 g/mol. The third-order valence-corrected chi connectivity index (χ3v) is 5.30. The Kier molecular flexibility index (Phi) is 7.50. The van der Waals surface area contributed by atoms with E-state index in [1.54, 1.807) is 10.9 Å². The van der Waals surface area contributed by atoms with Gasteiger partial charge in [0.25, 0.3) is 0 Å². The van der Waals surface area contributed by atoms with Crippen LogP contribution in [0.5, 0.6) is 11.5 Å². The standard InChI is InChI=1S/C20H27ClN4O2S/c1-3-10-27-18-16(21)11-14(12-17(18)26-4-2)13-22-25-19(23-24-20(25)28)15-8-6-5-7-9-15/h11-13,15H,3-10H2,1-2H3,(H,24,28)/b22-13-. The SMILES string of the molecule is CCCOc1c(Cl)cc(/C=N\n2c(C3CCCCC3)n[nH]c2=S)cc1OCC. The van der Waals surface area contributed by atoms with E-state index in [0.29, 0.717) is 40.4 Å². The molecular formula is C20H27ClN4O2S. The van der Waals surface area contributed by atoms with E-state index in [9.17, 15) is 0 Å². The Labute approximate surface area is 175 Å². The molecule has 1 fully saturated rings. The highest BCUT2D eigenvalue weighted by molar-refractivity contribution is 7.71. The predicted octanol–water partition coefficient (Wildman–Crippen LogP) is 5.71. The number of H-pyrrole nitrogens is 1. The molecule has 6 nitrogen and oxygen atoms in total. The lowest BCUT2D eigenvalue weighted by Crippen LogP contribution is -2.10. The van der Waals surface area contributed by atoms with Crippen LogP contribution in [-0.4, -0.2) is 34.3 Å². The van der Waals surface area contributed by atoms with Crippen molar-refractivity contribution in [1.29, 1.82) is 0 Å². The highest BCUT2D eigenvalue weighted by Crippen LogP contribution is 2.36. The van der Waals surface area contributed by atoms with Gasteiger partial charge in [0, 0.05) is 5.92 Å². The minimum Gasteiger partial charge on any atom is -0.490 e. The van der Waals surface area contributed by atoms with Crippen molar-refractivity contribution in [1.82, 2.24) is 14.9 Å². The molecule has 8 heteroatoms. The first kappa shape index (κ1) is 20.9. The Balaban J connectivity index is 1.88. The number of nitrogens with one attached hydrogen (secondary N) is 1. The minimum absolute atomic E-state index is 0.395. The second-order valence-electron chi connectivity index (χ2n) is 6.89. The van der Waals surface area contributed by atoms with Crippen molar-refractivity contribution >= 4 is 30.0 Å². The summed E-state index contributed by atoms with van der Waals surface area (Å²) in [5, 5.41) is 12.4. The topological polar surface area (TPSA) is 64.4 Å². The summed E-state index contributed by atoms with van der Waals surface area (Å²) in [7, 11) is 0. The molecule has 1 aromatic carbocycles. The smallest absolute Gasteiger partial charge is 0.216 e. The summed E-state index contributed by atoms with van der Waals surface area (Å²) in [6, 6.07) is 3.70. The van der Waals surface area contributed by atoms with Crippen LogP contribution in [0.4, 0.5) is 0 Å². The van der Waals surface area contributed by atoms with Crippen LogP contribution < -0.4 is 9.47 Å². The third-order valence-electron chi connectivity index (χ3n) is 4.75. The fourth-order valence-electron chi connectivity index (χ4n) is 3.43. The number of aromatic amines is 1. The van der Waals surface area contributed by atoms with E-state index in [0.717, 1.165) is 30.7 Å². The van der Waals surface area contributed by atoms with Crippen molar-refractivity contribution in [2.45, 2.75) is 58.3 Å².